The van der Waals surface area contributed by atoms with E-state index in [2.05, 4.69) is 16.0 Å². The molecule has 1 aliphatic rings. The number of hydrogen-bond donors (Lipinski definition) is 0. The first-order valence-electron chi connectivity index (χ1n) is 8.89. The molecule has 1 amide bonds. The molecule has 3 aromatic rings. The second-order valence-electron chi connectivity index (χ2n) is 6.41. The molecule has 0 aliphatic carbocycles. The number of piperazine rings is 1. The maximum Gasteiger partial charge on any atom is 0.254 e. The second kappa shape index (κ2) is 7.34. The molecule has 134 valence electrons. The van der Waals surface area contributed by atoms with Crippen molar-refractivity contribution in [3.05, 3.63) is 78.2 Å². The molecule has 6 nitrogen and oxygen atoms in total. The van der Waals surface area contributed by atoms with Crippen LogP contribution in [0.3, 0.4) is 0 Å². The maximum absolute atomic E-state index is 12.9. The number of benzene rings is 1. The van der Waals surface area contributed by atoms with Crippen LogP contribution in [-0.2, 0) is 0 Å². The molecule has 3 heterocycles. The van der Waals surface area contributed by atoms with Crippen LogP contribution >= 0.6 is 0 Å². The average molecular weight is 357 g/mol. The minimum atomic E-state index is 0.0326. The third-order valence-electron chi connectivity index (χ3n) is 4.77. The minimum Gasteiger partial charge on any atom is -0.352 e. The van der Waals surface area contributed by atoms with Crippen molar-refractivity contribution in [3.8, 4) is 11.8 Å². The molecule has 0 unspecified atom stereocenters. The number of aromatic nitrogens is 2. The van der Waals surface area contributed by atoms with Crippen LogP contribution in [0.1, 0.15) is 15.9 Å². The zero-order valence-electron chi connectivity index (χ0n) is 14.8. The number of amides is 1. The van der Waals surface area contributed by atoms with E-state index in [1.165, 1.54) is 0 Å². The van der Waals surface area contributed by atoms with Crippen LogP contribution in [0.4, 0.5) is 5.82 Å². The van der Waals surface area contributed by atoms with Crippen LogP contribution in [0.25, 0.3) is 5.69 Å². The predicted molar refractivity (Wildman–Crippen MR) is 103 cm³/mol. The van der Waals surface area contributed by atoms with Gasteiger partial charge in [0.25, 0.3) is 5.91 Å². The van der Waals surface area contributed by atoms with Gasteiger partial charge in [-0.25, -0.2) is 4.98 Å². The summed E-state index contributed by atoms with van der Waals surface area (Å²) in [5.74, 6) is 0.729. The molecular formula is C21H19N5O. The summed E-state index contributed by atoms with van der Waals surface area (Å²) in [6.07, 6.45) is 5.62. The highest BCUT2D eigenvalue weighted by molar-refractivity contribution is 5.95. The van der Waals surface area contributed by atoms with Gasteiger partial charge in [-0.15, -0.1) is 0 Å². The Balaban J connectivity index is 1.46. The zero-order valence-corrected chi connectivity index (χ0v) is 14.8. The Morgan fingerprint density at radius 1 is 1.00 bits per heavy atom. The first kappa shape index (κ1) is 16.9. The summed E-state index contributed by atoms with van der Waals surface area (Å²) in [5.41, 5.74) is 2.22. The van der Waals surface area contributed by atoms with E-state index in [4.69, 9.17) is 0 Å². The number of carbonyl (C=O) groups excluding carboxylic acids is 1. The first-order valence-corrected chi connectivity index (χ1v) is 8.89. The number of nitriles is 1. The van der Waals surface area contributed by atoms with Crippen molar-refractivity contribution in [2.45, 2.75) is 0 Å². The number of rotatable bonds is 3. The van der Waals surface area contributed by atoms with Crippen molar-refractivity contribution in [1.82, 2.24) is 14.5 Å². The lowest BCUT2D eigenvalue weighted by molar-refractivity contribution is 0.0746. The normalized spacial score (nSPS) is 14.0. The van der Waals surface area contributed by atoms with Crippen LogP contribution in [0, 0.1) is 11.3 Å². The van der Waals surface area contributed by atoms with Gasteiger partial charge in [-0.3, -0.25) is 4.79 Å². The van der Waals surface area contributed by atoms with Crippen LogP contribution < -0.4 is 4.90 Å². The van der Waals surface area contributed by atoms with E-state index < -0.39 is 0 Å². The summed E-state index contributed by atoms with van der Waals surface area (Å²) in [7, 11) is 0. The summed E-state index contributed by atoms with van der Waals surface area (Å²) >= 11 is 0. The Labute approximate surface area is 157 Å². The van der Waals surface area contributed by atoms with Crippen LogP contribution in [0.15, 0.2) is 67.1 Å². The predicted octanol–water partition coefficient (Wildman–Crippen LogP) is 2.71. The fraction of sp³-hybridized carbons (Fsp3) is 0.190. The van der Waals surface area contributed by atoms with Crippen molar-refractivity contribution >= 4 is 11.7 Å². The summed E-state index contributed by atoms with van der Waals surface area (Å²) in [5, 5.41) is 9.26. The highest BCUT2D eigenvalue weighted by Crippen LogP contribution is 2.19. The first-order chi connectivity index (χ1) is 13.3. The molecule has 0 atom stereocenters. The monoisotopic (exact) mass is 357 g/mol. The summed E-state index contributed by atoms with van der Waals surface area (Å²) in [6.45, 7) is 2.53. The van der Waals surface area contributed by atoms with Gasteiger partial charge in [-0.1, -0.05) is 6.07 Å². The molecule has 2 aromatic heterocycles. The van der Waals surface area contributed by atoms with E-state index in [0.717, 1.165) is 5.69 Å². The number of nitrogens with zero attached hydrogens (tertiary/aromatic N) is 5. The summed E-state index contributed by atoms with van der Waals surface area (Å²) in [4.78, 5) is 21.2. The highest BCUT2D eigenvalue weighted by atomic mass is 16.2. The maximum atomic E-state index is 12.9. The quantitative estimate of drug-likeness (QED) is 0.723. The summed E-state index contributed by atoms with van der Waals surface area (Å²) in [6, 6.07) is 17.3. The Kier molecular flexibility index (Phi) is 4.58. The number of carbonyl (C=O) groups is 1. The Bertz CT molecular complexity index is 982. The molecule has 0 saturated carbocycles. The van der Waals surface area contributed by atoms with Crippen molar-refractivity contribution < 1.29 is 4.79 Å². The van der Waals surface area contributed by atoms with E-state index >= 15 is 0 Å². The van der Waals surface area contributed by atoms with Gasteiger partial charge in [0.2, 0.25) is 0 Å². The van der Waals surface area contributed by atoms with E-state index in [1.54, 1.807) is 18.3 Å². The smallest absolute Gasteiger partial charge is 0.254 e. The topological polar surface area (TPSA) is 65.2 Å². The molecule has 6 heteroatoms. The molecule has 1 fully saturated rings. The van der Waals surface area contributed by atoms with Gasteiger partial charge in [0.1, 0.15) is 11.9 Å². The molecule has 1 aliphatic heterocycles. The van der Waals surface area contributed by atoms with E-state index in [1.807, 2.05) is 58.3 Å². The Morgan fingerprint density at radius 2 is 1.78 bits per heavy atom. The fourth-order valence-corrected chi connectivity index (χ4v) is 3.35. The van der Waals surface area contributed by atoms with E-state index in [0.29, 0.717) is 43.1 Å². The van der Waals surface area contributed by atoms with Gasteiger partial charge in [0, 0.05) is 56.0 Å². The molecule has 1 aromatic carbocycles. The molecule has 0 spiro atoms. The Hall–Kier alpha value is -3.59. The number of anilines is 1. The zero-order chi connectivity index (χ0) is 18.6. The molecule has 4 rings (SSSR count). The third kappa shape index (κ3) is 3.40. The van der Waals surface area contributed by atoms with Gasteiger partial charge in [0.15, 0.2) is 0 Å². The summed E-state index contributed by atoms with van der Waals surface area (Å²) < 4.78 is 1.99. The molecule has 1 saturated heterocycles. The highest BCUT2D eigenvalue weighted by Gasteiger charge is 2.24. The average Bonchev–Trinajstić information content (AvgIpc) is 3.28. The lowest BCUT2D eigenvalue weighted by Gasteiger charge is -2.35. The second-order valence-corrected chi connectivity index (χ2v) is 6.41. The molecule has 0 N–H and O–H groups in total. The van der Waals surface area contributed by atoms with Crippen molar-refractivity contribution in [1.29, 1.82) is 5.26 Å². The van der Waals surface area contributed by atoms with Gasteiger partial charge in [0.05, 0.1) is 5.56 Å². The largest absolute Gasteiger partial charge is 0.352 e. The molecule has 27 heavy (non-hydrogen) atoms. The Morgan fingerprint density at radius 3 is 2.52 bits per heavy atom. The van der Waals surface area contributed by atoms with Crippen LogP contribution in [0.5, 0.6) is 0 Å². The van der Waals surface area contributed by atoms with Crippen molar-refractivity contribution in [3.63, 3.8) is 0 Å². The fourth-order valence-electron chi connectivity index (χ4n) is 3.35. The van der Waals surface area contributed by atoms with Gasteiger partial charge in [-0.2, -0.15) is 5.26 Å². The SMILES string of the molecule is N#Cc1cccnc1N1CCN(C(=O)c2cccc(-n3cccc3)c2)CC1. The molecule has 0 bridgehead atoms. The van der Waals surface area contributed by atoms with E-state index in [-0.39, 0.29) is 5.91 Å². The van der Waals surface area contributed by atoms with Crippen LogP contribution in [-0.4, -0.2) is 46.5 Å². The molecule has 0 radical (unpaired) electrons. The number of hydrogen-bond acceptors (Lipinski definition) is 4. The van der Waals surface area contributed by atoms with E-state index in [9.17, 15) is 10.1 Å². The van der Waals surface area contributed by atoms with Crippen molar-refractivity contribution in [2.24, 2.45) is 0 Å². The lowest BCUT2D eigenvalue weighted by Crippen LogP contribution is -2.49. The minimum absolute atomic E-state index is 0.0326. The molecular weight excluding hydrogens is 338 g/mol. The van der Waals surface area contributed by atoms with Gasteiger partial charge >= 0.3 is 0 Å². The number of pyridine rings is 1. The van der Waals surface area contributed by atoms with Gasteiger partial charge < -0.3 is 14.4 Å². The standard InChI is InChI=1S/C21H19N5O/c22-16-18-6-4-8-23-20(18)25-11-13-26(14-12-25)21(27)17-5-3-7-19(15-17)24-9-1-2-10-24/h1-10,15H,11-14H2. The van der Waals surface area contributed by atoms with Crippen LogP contribution in [0.2, 0.25) is 0 Å². The third-order valence-corrected chi connectivity index (χ3v) is 4.77. The van der Waals surface area contributed by atoms with Gasteiger partial charge in [-0.05, 0) is 42.5 Å². The van der Waals surface area contributed by atoms with Crippen molar-refractivity contribution in [2.75, 3.05) is 31.1 Å². The lowest BCUT2D eigenvalue weighted by atomic mass is 10.1.